The summed E-state index contributed by atoms with van der Waals surface area (Å²) >= 11 is 0. The highest BCUT2D eigenvalue weighted by Crippen LogP contribution is 2.13. The van der Waals surface area contributed by atoms with E-state index in [1.54, 1.807) is 5.48 Å². The largest absolute Gasteiger partial charge is 0.381 e. The molecule has 5 nitrogen and oxygen atoms in total. The van der Waals surface area contributed by atoms with E-state index >= 15 is 0 Å². The standard InChI is InChI=1S/C17H21N3O2/c1-12-2-4-14(5-3-12)11-19-15-8-6-13(7-9-15)10-16(18)17(21)20-22/h2-9,16,19,22H,10-11,18H2,1H3,(H,20,21). The summed E-state index contributed by atoms with van der Waals surface area (Å²) in [6.45, 7) is 2.82. The Bertz CT molecular complexity index is 609. The first kappa shape index (κ1) is 16.0. The van der Waals surface area contributed by atoms with Crippen LogP contribution in [-0.2, 0) is 17.8 Å². The Kier molecular flexibility index (Phi) is 5.52. The predicted molar refractivity (Wildman–Crippen MR) is 86.6 cm³/mol. The number of carbonyl (C=O) groups is 1. The number of hydrogen-bond acceptors (Lipinski definition) is 4. The van der Waals surface area contributed by atoms with Crippen molar-refractivity contribution in [3.05, 3.63) is 65.2 Å². The molecule has 5 heteroatoms. The fraction of sp³-hybridized carbons (Fsp3) is 0.235. The number of nitrogens with two attached hydrogens (primary N) is 1. The number of aryl methyl sites for hydroxylation is 1. The molecule has 2 aromatic rings. The molecule has 0 fully saturated rings. The normalized spacial score (nSPS) is 11.8. The van der Waals surface area contributed by atoms with Gasteiger partial charge in [-0.2, -0.15) is 0 Å². The van der Waals surface area contributed by atoms with Gasteiger partial charge in [0.25, 0.3) is 5.91 Å². The molecular formula is C17H21N3O2. The van der Waals surface area contributed by atoms with E-state index in [2.05, 4.69) is 36.5 Å². The van der Waals surface area contributed by atoms with Gasteiger partial charge >= 0.3 is 0 Å². The maximum absolute atomic E-state index is 11.2. The molecule has 1 amide bonds. The van der Waals surface area contributed by atoms with Crippen LogP contribution >= 0.6 is 0 Å². The molecule has 0 saturated carbocycles. The lowest BCUT2D eigenvalue weighted by Crippen LogP contribution is -2.40. The zero-order valence-electron chi connectivity index (χ0n) is 12.5. The molecule has 0 aliphatic heterocycles. The average Bonchev–Trinajstić information content (AvgIpc) is 2.55. The topological polar surface area (TPSA) is 87.4 Å². The lowest BCUT2D eigenvalue weighted by molar-refractivity contribution is -0.130. The number of nitrogens with one attached hydrogen (secondary N) is 2. The zero-order chi connectivity index (χ0) is 15.9. The molecule has 1 unspecified atom stereocenters. The van der Waals surface area contributed by atoms with Gasteiger partial charge in [0.1, 0.15) is 0 Å². The summed E-state index contributed by atoms with van der Waals surface area (Å²) in [6.07, 6.45) is 0.380. The van der Waals surface area contributed by atoms with Crippen LogP contribution in [0.1, 0.15) is 16.7 Å². The van der Waals surface area contributed by atoms with Gasteiger partial charge in [0, 0.05) is 12.2 Å². The highest BCUT2D eigenvalue weighted by molar-refractivity contribution is 5.80. The van der Waals surface area contributed by atoms with Crippen molar-refractivity contribution in [3.8, 4) is 0 Å². The maximum atomic E-state index is 11.2. The van der Waals surface area contributed by atoms with E-state index in [9.17, 15) is 4.79 Å². The lowest BCUT2D eigenvalue weighted by Gasteiger charge is -2.11. The molecule has 0 bridgehead atoms. The molecule has 0 spiro atoms. The minimum absolute atomic E-state index is 0.380. The van der Waals surface area contributed by atoms with E-state index in [1.165, 1.54) is 11.1 Å². The summed E-state index contributed by atoms with van der Waals surface area (Å²) in [5.41, 5.74) is 11.6. The molecule has 0 heterocycles. The van der Waals surface area contributed by atoms with Crippen LogP contribution in [0.25, 0.3) is 0 Å². The van der Waals surface area contributed by atoms with Crippen molar-refractivity contribution in [2.75, 3.05) is 5.32 Å². The van der Waals surface area contributed by atoms with Gasteiger partial charge in [-0.25, -0.2) is 5.48 Å². The summed E-state index contributed by atoms with van der Waals surface area (Å²) in [4.78, 5) is 11.2. The Morgan fingerprint density at radius 2 is 1.68 bits per heavy atom. The van der Waals surface area contributed by atoms with Crippen LogP contribution in [0.2, 0.25) is 0 Å². The van der Waals surface area contributed by atoms with Crippen LogP contribution < -0.4 is 16.5 Å². The first-order chi connectivity index (χ1) is 10.6. The SMILES string of the molecule is Cc1ccc(CNc2ccc(CC(N)C(=O)NO)cc2)cc1. The predicted octanol–water partition coefficient (Wildman–Crippen LogP) is 1.98. The van der Waals surface area contributed by atoms with E-state index in [0.717, 1.165) is 17.8 Å². The van der Waals surface area contributed by atoms with E-state index in [0.29, 0.717) is 6.42 Å². The summed E-state index contributed by atoms with van der Waals surface area (Å²) in [5, 5.41) is 11.9. The van der Waals surface area contributed by atoms with E-state index in [4.69, 9.17) is 10.9 Å². The second-order valence-electron chi connectivity index (χ2n) is 5.32. The van der Waals surface area contributed by atoms with E-state index in [-0.39, 0.29) is 0 Å². The smallest absolute Gasteiger partial charge is 0.260 e. The van der Waals surface area contributed by atoms with Gasteiger partial charge in [-0.15, -0.1) is 0 Å². The molecule has 0 aromatic heterocycles. The number of anilines is 1. The van der Waals surface area contributed by atoms with Gasteiger partial charge < -0.3 is 11.1 Å². The van der Waals surface area contributed by atoms with Crippen molar-refractivity contribution in [3.63, 3.8) is 0 Å². The lowest BCUT2D eigenvalue weighted by atomic mass is 10.1. The molecule has 0 aliphatic carbocycles. The van der Waals surface area contributed by atoms with Gasteiger partial charge in [0.15, 0.2) is 0 Å². The average molecular weight is 299 g/mol. The molecule has 0 radical (unpaired) electrons. The first-order valence-electron chi connectivity index (χ1n) is 7.16. The zero-order valence-corrected chi connectivity index (χ0v) is 12.5. The van der Waals surface area contributed by atoms with Gasteiger partial charge in [-0.05, 0) is 36.6 Å². The number of hydrogen-bond donors (Lipinski definition) is 4. The Balaban J connectivity index is 1.89. The number of benzene rings is 2. The summed E-state index contributed by atoms with van der Waals surface area (Å²) in [6, 6.07) is 15.4. The summed E-state index contributed by atoms with van der Waals surface area (Å²) < 4.78 is 0. The molecule has 22 heavy (non-hydrogen) atoms. The van der Waals surface area contributed by atoms with Crippen LogP contribution in [-0.4, -0.2) is 17.2 Å². The van der Waals surface area contributed by atoms with Crippen LogP contribution in [0.3, 0.4) is 0 Å². The number of amides is 1. The molecule has 5 N–H and O–H groups in total. The number of hydroxylamine groups is 1. The second-order valence-corrected chi connectivity index (χ2v) is 5.32. The van der Waals surface area contributed by atoms with Crippen LogP contribution in [0.15, 0.2) is 48.5 Å². The third-order valence-corrected chi connectivity index (χ3v) is 3.47. The van der Waals surface area contributed by atoms with Gasteiger partial charge in [0.2, 0.25) is 0 Å². The third-order valence-electron chi connectivity index (χ3n) is 3.47. The van der Waals surface area contributed by atoms with Crippen molar-refractivity contribution in [2.24, 2.45) is 5.73 Å². The minimum atomic E-state index is -0.753. The van der Waals surface area contributed by atoms with Crippen LogP contribution in [0.5, 0.6) is 0 Å². The van der Waals surface area contributed by atoms with E-state index in [1.807, 2.05) is 24.3 Å². The Morgan fingerprint density at radius 3 is 2.27 bits per heavy atom. The third kappa shape index (κ3) is 4.58. The highest BCUT2D eigenvalue weighted by atomic mass is 16.5. The van der Waals surface area contributed by atoms with Crippen molar-refractivity contribution >= 4 is 11.6 Å². The maximum Gasteiger partial charge on any atom is 0.260 e. The fourth-order valence-corrected chi connectivity index (χ4v) is 2.10. The van der Waals surface area contributed by atoms with Gasteiger partial charge in [0.05, 0.1) is 6.04 Å². The van der Waals surface area contributed by atoms with Crippen molar-refractivity contribution < 1.29 is 10.0 Å². The van der Waals surface area contributed by atoms with Crippen LogP contribution in [0.4, 0.5) is 5.69 Å². The molecule has 0 aliphatic rings. The number of carbonyl (C=O) groups excluding carboxylic acids is 1. The Morgan fingerprint density at radius 1 is 1.09 bits per heavy atom. The molecule has 0 saturated heterocycles. The summed E-state index contributed by atoms with van der Waals surface area (Å²) in [7, 11) is 0. The summed E-state index contributed by atoms with van der Waals surface area (Å²) in [5.74, 6) is -0.582. The monoisotopic (exact) mass is 299 g/mol. The first-order valence-corrected chi connectivity index (χ1v) is 7.16. The van der Waals surface area contributed by atoms with Crippen LogP contribution in [0, 0.1) is 6.92 Å². The highest BCUT2D eigenvalue weighted by Gasteiger charge is 2.12. The Hall–Kier alpha value is -2.37. The van der Waals surface area contributed by atoms with Crippen molar-refractivity contribution in [1.29, 1.82) is 0 Å². The molecular weight excluding hydrogens is 278 g/mol. The van der Waals surface area contributed by atoms with Crippen molar-refractivity contribution in [2.45, 2.75) is 25.9 Å². The molecule has 2 rings (SSSR count). The Labute approximate surface area is 130 Å². The minimum Gasteiger partial charge on any atom is -0.381 e. The fourth-order valence-electron chi connectivity index (χ4n) is 2.10. The van der Waals surface area contributed by atoms with E-state index < -0.39 is 11.9 Å². The molecule has 1 atom stereocenters. The quantitative estimate of drug-likeness (QED) is 0.485. The number of rotatable bonds is 6. The van der Waals surface area contributed by atoms with Gasteiger partial charge in [-0.1, -0.05) is 42.0 Å². The van der Waals surface area contributed by atoms with Crippen molar-refractivity contribution in [1.82, 2.24) is 5.48 Å². The van der Waals surface area contributed by atoms with Gasteiger partial charge in [-0.3, -0.25) is 10.0 Å². The molecule has 116 valence electrons. The molecule has 2 aromatic carbocycles. The second kappa shape index (κ2) is 7.59.